The first kappa shape index (κ1) is 17.7. The Morgan fingerprint density at radius 3 is 2.82 bits per heavy atom. The molecule has 1 N–H and O–H groups in total. The van der Waals surface area contributed by atoms with Crippen LogP contribution in [-0.2, 0) is 0 Å². The summed E-state index contributed by atoms with van der Waals surface area (Å²) in [4.78, 5) is 19.1. The molecule has 0 aliphatic heterocycles. The van der Waals surface area contributed by atoms with E-state index in [1.807, 2.05) is 12.1 Å². The van der Waals surface area contributed by atoms with E-state index in [-0.39, 0.29) is 5.69 Å². The van der Waals surface area contributed by atoms with Gasteiger partial charge in [0.25, 0.3) is 5.69 Å². The highest BCUT2D eigenvalue weighted by Gasteiger charge is 2.15. The minimum atomic E-state index is -0.482. The highest BCUT2D eigenvalue weighted by molar-refractivity contribution is 6.30. The van der Waals surface area contributed by atoms with Gasteiger partial charge in [0.1, 0.15) is 17.9 Å². The van der Waals surface area contributed by atoms with E-state index in [2.05, 4.69) is 20.4 Å². The Morgan fingerprint density at radius 1 is 1.21 bits per heavy atom. The number of nitro groups is 1. The predicted molar refractivity (Wildman–Crippen MR) is 105 cm³/mol. The minimum absolute atomic E-state index is 0.0657. The summed E-state index contributed by atoms with van der Waals surface area (Å²) < 4.78 is 6.92. The quantitative estimate of drug-likeness (QED) is 0.399. The zero-order chi connectivity index (χ0) is 19.7. The zero-order valence-electron chi connectivity index (χ0n) is 14.5. The van der Waals surface area contributed by atoms with Crippen LogP contribution < -0.4 is 10.1 Å². The maximum absolute atomic E-state index is 11.0. The van der Waals surface area contributed by atoms with Crippen LogP contribution in [0, 0.1) is 10.1 Å². The molecule has 9 nitrogen and oxygen atoms in total. The second kappa shape index (κ2) is 7.12. The summed E-state index contributed by atoms with van der Waals surface area (Å²) >= 11 is 6.07. The average molecular weight is 397 g/mol. The Morgan fingerprint density at radius 2 is 2.07 bits per heavy atom. The molecule has 4 aromatic rings. The van der Waals surface area contributed by atoms with Gasteiger partial charge in [-0.1, -0.05) is 17.7 Å². The van der Waals surface area contributed by atoms with Crippen molar-refractivity contribution in [2.75, 3.05) is 12.4 Å². The van der Waals surface area contributed by atoms with Gasteiger partial charge in [-0.25, -0.2) is 14.6 Å². The van der Waals surface area contributed by atoms with Crippen LogP contribution in [0.25, 0.3) is 16.7 Å². The molecule has 0 amide bonds. The van der Waals surface area contributed by atoms with Crippen molar-refractivity contribution in [3.05, 3.63) is 70.1 Å². The van der Waals surface area contributed by atoms with Gasteiger partial charge in [-0.3, -0.25) is 10.1 Å². The Labute approximate surface area is 163 Å². The molecule has 0 saturated heterocycles. The number of rotatable bonds is 5. The summed E-state index contributed by atoms with van der Waals surface area (Å²) in [6.07, 6.45) is 3.04. The van der Waals surface area contributed by atoms with E-state index in [1.165, 1.54) is 25.6 Å². The van der Waals surface area contributed by atoms with Gasteiger partial charge >= 0.3 is 0 Å². The molecule has 140 valence electrons. The number of non-ortho nitro benzene ring substituents is 1. The van der Waals surface area contributed by atoms with Gasteiger partial charge < -0.3 is 10.1 Å². The molecule has 2 aromatic heterocycles. The number of methoxy groups -OCH3 is 1. The van der Waals surface area contributed by atoms with Gasteiger partial charge in [-0.15, -0.1) is 0 Å². The molecule has 0 unspecified atom stereocenters. The van der Waals surface area contributed by atoms with E-state index < -0.39 is 4.92 Å². The van der Waals surface area contributed by atoms with Crippen LogP contribution in [0.5, 0.6) is 5.75 Å². The number of nitro benzene ring substituents is 1. The second-order valence-corrected chi connectivity index (χ2v) is 6.20. The summed E-state index contributed by atoms with van der Waals surface area (Å²) in [6.45, 7) is 0. The molecule has 0 saturated carbocycles. The molecule has 28 heavy (non-hydrogen) atoms. The minimum Gasteiger partial charge on any atom is -0.494 e. The standard InChI is InChI=1S/C18H13ClN6O3/c1-28-16-8-13(25(26)27)5-6-15(16)23-17-14-9-22-24(18(14)21-10-20-17)12-4-2-3-11(19)7-12/h2-10H,1H3,(H,20,21,23). The van der Waals surface area contributed by atoms with Gasteiger partial charge in [0, 0.05) is 11.1 Å². The maximum atomic E-state index is 11.0. The highest BCUT2D eigenvalue weighted by atomic mass is 35.5. The largest absolute Gasteiger partial charge is 0.494 e. The summed E-state index contributed by atoms with van der Waals surface area (Å²) in [5.74, 6) is 0.814. The van der Waals surface area contributed by atoms with E-state index in [0.29, 0.717) is 33.3 Å². The summed E-state index contributed by atoms with van der Waals surface area (Å²) in [7, 11) is 1.44. The number of nitrogens with one attached hydrogen (secondary N) is 1. The molecule has 0 spiro atoms. The van der Waals surface area contributed by atoms with Gasteiger partial charge in [0.2, 0.25) is 0 Å². The lowest BCUT2D eigenvalue weighted by atomic mass is 10.2. The smallest absolute Gasteiger partial charge is 0.273 e. The maximum Gasteiger partial charge on any atom is 0.273 e. The fourth-order valence-corrected chi connectivity index (χ4v) is 2.95. The van der Waals surface area contributed by atoms with Crippen molar-refractivity contribution in [2.45, 2.75) is 0 Å². The molecule has 10 heteroatoms. The molecule has 0 atom stereocenters. The van der Waals surface area contributed by atoms with E-state index in [4.69, 9.17) is 16.3 Å². The number of aromatic nitrogens is 4. The van der Waals surface area contributed by atoms with Crippen molar-refractivity contribution >= 4 is 39.8 Å². The van der Waals surface area contributed by atoms with Crippen molar-refractivity contribution in [3.8, 4) is 11.4 Å². The number of hydrogen-bond donors (Lipinski definition) is 1. The van der Waals surface area contributed by atoms with E-state index in [9.17, 15) is 10.1 Å². The van der Waals surface area contributed by atoms with Crippen LogP contribution in [-0.4, -0.2) is 31.8 Å². The van der Waals surface area contributed by atoms with E-state index in [1.54, 1.807) is 29.1 Å². The summed E-state index contributed by atoms with van der Waals surface area (Å²) in [6, 6.07) is 11.5. The van der Waals surface area contributed by atoms with Crippen molar-refractivity contribution < 1.29 is 9.66 Å². The van der Waals surface area contributed by atoms with Crippen LogP contribution in [0.15, 0.2) is 55.0 Å². The Hall–Kier alpha value is -3.72. The topological polar surface area (TPSA) is 108 Å². The molecular formula is C18H13ClN6O3. The molecule has 0 fully saturated rings. The van der Waals surface area contributed by atoms with Crippen molar-refractivity contribution in [1.29, 1.82) is 0 Å². The van der Waals surface area contributed by atoms with Crippen molar-refractivity contribution in [2.24, 2.45) is 0 Å². The van der Waals surface area contributed by atoms with Gasteiger partial charge in [0.15, 0.2) is 5.65 Å². The summed E-state index contributed by atoms with van der Waals surface area (Å²) in [5.41, 5.74) is 1.81. The number of benzene rings is 2. The van der Waals surface area contributed by atoms with Crippen LogP contribution in [0.2, 0.25) is 5.02 Å². The molecule has 0 aliphatic rings. The molecule has 4 rings (SSSR count). The van der Waals surface area contributed by atoms with Crippen molar-refractivity contribution in [1.82, 2.24) is 19.7 Å². The average Bonchev–Trinajstić information content (AvgIpc) is 3.13. The SMILES string of the molecule is COc1cc([N+](=O)[O-])ccc1Nc1ncnc2c1cnn2-c1cccc(Cl)c1. The Balaban J connectivity index is 1.76. The molecule has 2 heterocycles. The van der Waals surface area contributed by atoms with Crippen LogP contribution >= 0.6 is 11.6 Å². The Bertz CT molecular complexity index is 1190. The third-order valence-corrected chi connectivity index (χ3v) is 4.30. The lowest BCUT2D eigenvalue weighted by Crippen LogP contribution is -2.01. The predicted octanol–water partition coefficient (Wildman–Crippen LogP) is 4.13. The molecule has 2 aromatic carbocycles. The zero-order valence-corrected chi connectivity index (χ0v) is 15.3. The third-order valence-electron chi connectivity index (χ3n) is 4.07. The summed E-state index contributed by atoms with van der Waals surface area (Å²) in [5, 5.41) is 19.7. The number of anilines is 2. The number of halogens is 1. The first-order valence-electron chi connectivity index (χ1n) is 8.11. The van der Waals surface area contributed by atoms with Crippen LogP contribution in [0.4, 0.5) is 17.2 Å². The van der Waals surface area contributed by atoms with E-state index in [0.717, 1.165) is 5.69 Å². The second-order valence-electron chi connectivity index (χ2n) is 5.76. The third kappa shape index (κ3) is 3.19. The number of hydrogen-bond acceptors (Lipinski definition) is 7. The lowest BCUT2D eigenvalue weighted by molar-refractivity contribution is -0.384. The fraction of sp³-hybridized carbons (Fsp3) is 0.0556. The molecule has 0 aliphatic carbocycles. The number of ether oxygens (including phenoxy) is 1. The number of fused-ring (bicyclic) bond motifs is 1. The first-order chi connectivity index (χ1) is 13.6. The van der Waals surface area contributed by atoms with E-state index >= 15 is 0 Å². The van der Waals surface area contributed by atoms with Gasteiger partial charge in [0.05, 0.1) is 41.1 Å². The fourth-order valence-electron chi connectivity index (χ4n) is 2.76. The molecule has 0 radical (unpaired) electrons. The van der Waals surface area contributed by atoms with Crippen molar-refractivity contribution in [3.63, 3.8) is 0 Å². The molecule has 0 bridgehead atoms. The highest BCUT2D eigenvalue weighted by Crippen LogP contribution is 2.33. The van der Waals surface area contributed by atoms with Gasteiger partial charge in [-0.05, 0) is 24.3 Å². The Kier molecular flexibility index (Phi) is 4.50. The monoisotopic (exact) mass is 396 g/mol. The van der Waals surface area contributed by atoms with Gasteiger partial charge in [-0.2, -0.15) is 5.10 Å². The number of nitrogens with zero attached hydrogens (tertiary/aromatic N) is 5. The first-order valence-corrected chi connectivity index (χ1v) is 8.49. The molecular weight excluding hydrogens is 384 g/mol. The normalized spacial score (nSPS) is 10.8. The van der Waals surface area contributed by atoms with Crippen LogP contribution in [0.1, 0.15) is 0 Å². The van der Waals surface area contributed by atoms with Crippen LogP contribution in [0.3, 0.4) is 0 Å². The lowest BCUT2D eigenvalue weighted by Gasteiger charge is -2.11.